The standard InChI is InChI=1S/C20H30ClN6O7P/c1-6-30-16-13-15(24-19(22)25-16)27(9-23-13)18-20(5,21)14-12(33-18)8-32-35(29,34-14)26-11(4)7-31-17(28)10(2)3/h9-12,14,18H,6-8H2,1-5H3,(H,26,29)(H2,22,24,25)/t11-,12+,14+,18+,20+,35+/m0/s1. The molecule has 2 aliphatic rings. The molecule has 13 nitrogen and oxygen atoms in total. The van der Waals surface area contributed by atoms with Crippen LogP contribution in [-0.4, -0.2) is 68.4 Å². The zero-order valence-corrected chi connectivity index (χ0v) is 21.8. The highest BCUT2D eigenvalue weighted by atomic mass is 35.5. The van der Waals surface area contributed by atoms with Gasteiger partial charge in [-0.2, -0.15) is 9.97 Å². The Kier molecular flexibility index (Phi) is 7.29. The van der Waals surface area contributed by atoms with Crippen molar-refractivity contribution in [2.45, 2.75) is 64.0 Å². The Morgan fingerprint density at radius 3 is 2.86 bits per heavy atom. The molecule has 0 aliphatic carbocycles. The molecule has 0 bridgehead atoms. The minimum atomic E-state index is -3.78. The van der Waals surface area contributed by atoms with Crippen molar-refractivity contribution >= 4 is 42.4 Å². The van der Waals surface area contributed by atoms with Gasteiger partial charge in [-0.05, 0) is 20.8 Å². The molecule has 15 heteroatoms. The predicted octanol–water partition coefficient (Wildman–Crippen LogP) is 2.40. The Bertz CT molecular complexity index is 1140. The van der Waals surface area contributed by atoms with Gasteiger partial charge < -0.3 is 19.9 Å². The highest BCUT2D eigenvalue weighted by Crippen LogP contribution is 2.57. The van der Waals surface area contributed by atoms with Gasteiger partial charge in [0.1, 0.15) is 23.7 Å². The lowest BCUT2D eigenvalue weighted by Gasteiger charge is -2.36. The normalized spacial score (nSPS) is 31.5. The number of carbonyl (C=O) groups excluding carboxylic acids is 1. The number of nitrogen functional groups attached to an aromatic ring is 1. The molecule has 2 fully saturated rings. The molecule has 0 unspecified atom stereocenters. The van der Waals surface area contributed by atoms with Crippen LogP contribution in [-0.2, 0) is 27.9 Å². The Labute approximate surface area is 207 Å². The third-order valence-electron chi connectivity index (χ3n) is 5.61. The van der Waals surface area contributed by atoms with Gasteiger partial charge >= 0.3 is 13.7 Å². The molecule has 0 saturated carbocycles. The molecular weight excluding hydrogens is 503 g/mol. The average molecular weight is 533 g/mol. The van der Waals surface area contributed by atoms with Crippen LogP contribution in [0.3, 0.4) is 0 Å². The molecule has 194 valence electrons. The molecule has 2 saturated heterocycles. The largest absolute Gasteiger partial charge is 0.476 e. The van der Waals surface area contributed by atoms with Gasteiger partial charge in [-0.15, -0.1) is 11.6 Å². The van der Waals surface area contributed by atoms with Gasteiger partial charge in [-0.1, -0.05) is 13.8 Å². The average Bonchev–Trinajstić information content (AvgIpc) is 3.30. The number of halogens is 1. The number of imidazole rings is 1. The summed E-state index contributed by atoms with van der Waals surface area (Å²) < 4.78 is 43.2. The highest BCUT2D eigenvalue weighted by Gasteiger charge is 2.60. The van der Waals surface area contributed by atoms with E-state index in [1.165, 1.54) is 6.33 Å². The number of aromatic nitrogens is 4. The maximum atomic E-state index is 13.3. The van der Waals surface area contributed by atoms with Gasteiger partial charge in [0.15, 0.2) is 17.4 Å². The zero-order chi connectivity index (χ0) is 25.5. The first-order valence-corrected chi connectivity index (χ1v) is 13.2. The Morgan fingerprint density at radius 1 is 1.43 bits per heavy atom. The van der Waals surface area contributed by atoms with E-state index in [0.29, 0.717) is 17.8 Å². The number of nitrogens with two attached hydrogens (primary N) is 1. The first-order valence-electron chi connectivity index (χ1n) is 11.3. The molecule has 0 amide bonds. The van der Waals surface area contributed by atoms with E-state index in [1.54, 1.807) is 32.3 Å². The van der Waals surface area contributed by atoms with Gasteiger partial charge in [0, 0.05) is 6.04 Å². The van der Waals surface area contributed by atoms with E-state index in [-0.39, 0.29) is 36.9 Å². The van der Waals surface area contributed by atoms with Crippen LogP contribution >= 0.6 is 19.3 Å². The van der Waals surface area contributed by atoms with Crippen LogP contribution < -0.4 is 15.6 Å². The monoisotopic (exact) mass is 532 g/mol. The number of hydrogen-bond donors (Lipinski definition) is 2. The SMILES string of the molecule is CCOc1nc(N)nc2c1ncn2[C@@H]1O[C@@H]2CO[P@](=O)(N[C@@H](C)COC(=O)C(C)C)O[C@H]2[C@@]1(C)Cl. The van der Waals surface area contributed by atoms with Crippen molar-refractivity contribution in [2.24, 2.45) is 5.92 Å². The second-order valence-corrected chi connectivity index (χ2v) is 11.5. The number of nitrogens with one attached hydrogen (secondary N) is 1. The lowest BCUT2D eigenvalue weighted by molar-refractivity contribution is -0.147. The van der Waals surface area contributed by atoms with Crippen molar-refractivity contribution < 1.29 is 32.6 Å². The van der Waals surface area contributed by atoms with Gasteiger partial charge in [0.2, 0.25) is 11.8 Å². The maximum Gasteiger partial charge on any atom is 0.406 e. The molecule has 2 aromatic rings. The summed E-state index contributed by atoms with van der Waals surface area (Å²) in [5.41, 5.74) is 6.65. The number of esters is 1. The first kappa shape index (κ1) is 26.1. The van der Waals surface area contributed by atoms with Crippen molar-refractivity contribution in [3.05, 3.63) is 6.33 Å². The van der Waals surface area contributed by atoms with Crippen molar-refractivity contribution in [2.75, 3.05) is 25.6 Å². The molecule has 35 heavy (non-hydrogen) atoms. The minimum absolute atomic E-state index is 0.00338. The number of anilines is 1. The lowest BCUT2D eigenvalue weighted by atomic mass is 10.0. The fraction of sp³-hybridized carbons (Fsp3) is 0.700. The molecule has 0 spiro atoms. The van der Waals surface area contributed by atoms with Crippen molar-refractivity contribution in [3.63, 3.8) is 0 Å². The zero-order valence-electron chi connectivity index (χ0n) is 20.1. The Hall–Kier alpha value is -2.02. The molecule has 2 aliphatic heterocycles. The quantitative estimate of drug-likeness (QED) is 0.290. The summed E-state index contributed by atoms with van der Waals surface area (Å²) in [6, 6.07) is -0.492. The van der Waals surface area contributed by atoms with Crippen LogP contribution in [0, 0.1) is 5.92 Å². The van der Waals surface area contributed by atoms with Crippen LogP contribution in [0.15, 0.2) is 6.33 Å². The molecule has 2 aromatic heterocycles. The lowest BCUT2D eigenvalue weighted by Crippen LogP contribution is -2.46. The van der Waals surface area contributed by atoms with E-state index in [9.17, 15) is 9.36 Å². The first-order chi connectivity index (χ1) is 16.4. The van der Waals surface area contributed by atoms with Crippen LogP contribution in [0.4, 0.5) is 5.95 Å². The van der Waals surface area contributed by atoms with Gasteiger partial charge in [-0.3, -0.25) is 18.4 Å². The smallest absolute Gasteiger partial charge is 0.406 e. The molecule has 0 aromatic carbocycles. The van der Waals surface area contributed by atoms with E-state index in [2.05, 4.69) is 20.0 Å². The summed E-state index contributed by atoms with van der Waals surface area (Å²) in [4.78, 5) is 23.3. The van der Waals surface area contributed by atoms with Crippen LogP contribution in [0.2, 0.25) is 0 Å². The second kappa shape index (κ2) is 9.79. The van der Waals surface area contributed by atoms with Crippen LogP contribution in [0.1, 0.15) is 40.8 Å². The summed E-state index contributed by atoms with van der Waals surface area (Å²) >= 11 is 6.96. The summed E-state index contributed by atoms with van der Waals surface area (Å²) in [7, 11) is -3.78. The third kappa shape index (κ3) is 5.11. The number of ether oxygens (including phenoxy) is 3. The van der Waals surface area contributed by atoms with Crippen molar-refractivity contribution in [3.8, 4) is 5.88 Å². The summed E-state index contributed by atoms with van der Waals surface area (Å²) in [5.74, 6) is -0.363. The molecule has 6 atom stereocenters. The Balaban J connectivity index is 1.53. The number of nitrogens with zero attached hydrogens (tertiary/aromatic N) is 4. The molecule has 3 N–H and O–H groups in total. The summed E-state index contributed by atoms with van der Waals surface area (Å²) in [6.07, 6.45) is -0.695. The van der Waals surface area contributed by atoms with Crippen molar-refractivity contribution in [1.29, 1.82) is 0 Å². The molecular formula is C20H30ClN6O7P. The van der Waals surface area contributed by atoms with Crippen molar-refractivity contribution in [1.82, 2.24) is 24.6 Å². The number of carbonyl (C=O) groups is 1. The summed E-state index contributed by atoms with van der Waals surface area (Å²) in [6.45, 7) is 9.05. The number of fused-ring (bicyclic) bond motifs is 2. The van der Waals surface area contributed by atoms with E-state index < -0.39 is 37.1 Å². The predicted molar refractivity (Wildman–Crippen MR) is 126 cm³/mol. The molecule has 4 rings (SSSR count). The highest BCUT2D eigenvalue weighted by molar-refractivity contribution is 7.51. The number of rotatable bonds is 8. The number of alkyl halides is 1. The van der Waals surface area contributed by atoms with E-state index in [1.807, 2.05) is 6.92 Å². The van der Waals surface area contributed by atoms with Gasteiger partial charge in [-0.25, -0.2) is 14.6 Å². The fourth-order valence-corrected chi connectivity index (χ4v) is 6.14. The summed E-state index contributed by atoms with van der Waals surface area (Å²) in [5, 5.41) is 2.79. The second-order valence-electron chi connectivity index (χ2n) is 8.96. The third-order valence-corrected chi connectivity index (χ3v) is 7.76. The topological polar surface area (TPSA) is 162 Å². The van der Waals surface area contributed by atoms with E-state index in [0.717, 1.165) is 0 Å². The van der Waals surface area contributed by atoms with E-state index in [4.69, 9.17) is 40.6 Å². The Morgan fingerprint density at radius 2 is 2.17 bits per heavy atom. The number of hydrogen-bond acceptors (Lipinski definition) is 11. The van der Waals surface area contributed by atoms with E-state index >= 15 is 0 Å². The van der Waals surface area contributed by atoms with Gasteiger partial charge in [0.05, 0.1) is 25.5 Å². The fourth-order valence-electron chi connectivity index (χ4n) is 3.92. The molecule has 4 heterocycles. The molecule has 0 radical (unpaired) electrons. The minimum Gasteiger partial charge on any atom is -0.476 e. The maximum absolute atomic E-state index is 13.3. The van der Waals surface area contributed by atoms with Gasteiger partial charge in [0.25, 0.3) is 0 Å². The van der Waals surface area contributed by atoms with Crippen LogP contribution in [0.25, 0.3) is 11.2 Å². The van der Waals surface area contributed by atoms with Crippen LogP contribution in [0.5, 0.6) is 5.88 Å².